The number of amides is 1. The predicted octanol–water partition coefficient (Wildman–Crippen LogP) is -0.0828. The zero-order valence-corrected chi connectivity index (χ0v) is 15.2. The molecule has 0 radical (unpaired) electrons. The van der Waals surface area contributed by atoms with E-state index in [2.05, 4.69) is 0 Å². The summed E-state index contributed by atoms with van der Waals surface area (Å²) in [7, 11) is -0.851. The minimum Gasteiger partial charge on any atom is -0.497 e. The normalized spacial score (nSPS) is 15.5. The third-order valence-corrected chi connectivity index (χ3v) is 5.67. The number of nitrogens with zero attached hydrogens (tertiary/aromatic N) is 2. The van der Waals surface area contributed by atoms with Gasteiger partial charge in [0.15, 0.2) is 0 Å². The molecule has 1 amide bonds. The highest BCUT2D eigenvalue weighted by Crippen LogP contribution is 2.31. The highest BCUT2D eigenvalue weighted by molar-refractivity contribution is 7.89. The standard InChI is InChI=1S/C14H21N3O5S.ClH/c1-21-11-3-4-12(22-2)13(9-11)23(19,20)17-7-5-16(6-8-17)14(18)10-15;/h3-4,9H,5-8,10,15H2,1-2H3;1H. The Morgan fingerprint density at radius 2 is 1.79 bits per heavy atom. The average molecular weight is 380 g/mol. The lowest BCUT2D eigenvalue weighted by Gasteiger charge is -2.34. The quantitative estimate of drug-likeness (QED) is 0.767. The first-order valence-electron chi connectivity index (χ1n) is 7.14. The van der Waals surface area contributed by atoms with E-state index in [1.807, 2.05) is 0 Å². The molecule has 0 atom stereocenters. The van der Waals surface area contributed by atoms with Crippen molar-refractivity contribution < 1.29 is 22.7 Å². The monoisotopic (exact) mass is 379 g/mol. The van der Waals surface area contributed by atoms with E-state index in [1.165, 1.54) is 24.6 Å². The fraction of sp³-hybridized carbons (Fsp3) is 0.500. The number of halogens is 1. The molecule has 24 heavy (non-hydrogen) atoms. The molecule has 1 aliphatic heterocycles. The Morgan fingerprint density at radius 1 is 1.17 bits per heavy atom. The van der Waals surface area contributed by atoms with Crippen LogP contribution in [0, 0.1) is 0 Å². The van der Waals surface area contributed by atoms with Gasteiger partial charge in [-0.1, -0.05) is 0 Å². The second-order valence-corrected chi connectivity index (χ2v) is 6.91. The van der Waals surface area contributed by atoms with Crippen LogP contribution >= 0.6 is 12.4 Å². The molecule has 2 N–H and O–H groups in total. The summed E-state index contributed by atoms with van der Waals surface area (Å²) < 4.78 is 37.3. The van der Waals surface area contributed by atoms with Gasteiger partial charge in [0.05, 0.1) is 20.8 Å². The number of nitrogens with two attached hydrogens (primary N) is 1. The lowest BCUT2D eigenvalue weighted by molar-refractivity contribution is -0.130. The van der Waals surface area contributed by atoms with Gasteiger partial charge in [-0.25, -0.2) is 8.42 Å². The van der Waals surface area contributed by atoms with Gasteiger partial charge >= 0.3 is 0 Å². The van der Waals surface area contributed by atoms with Crippen LogP contribution in [0.1, 0.15) is 0 Å². The first kappa shape index (κ1) is 20.5. The van der Waals surface area contributed by atoms with E-state index >= 15 is 0 Å². The maximum Gasteiger partial charge on any atom is 0.247 e. The zero-order chi connectivity index (χ0) is 17.0. The summed E-state index contributed by atoms with van der Waals surface area (Å²) in [5.41, 5.74) is 5.33. The van der Waals surface area contributed by atoms with Crippen LogP contribution in [0.25, 0.3) is 0 Å². The SMILES string of the molecule is COc1ccc(OC)c(S(=O)(=O)N2CCN(C(=O)CN)CC2)c1.Cl. The van der Waals surface area contributed by atoms with Crippen molar-refractivity contribution >= 4 is 28.3 Å². The predicted molar refractivity (Wildman–Crippen MR) is 91.2 cm³/mol. The van der Waals surface area contributed by atoms with Crippen LogP contribution in [0.3, 0.4) is 0 Å². The van der Waals surface area contributed by atoms with Crippen molar-refractivity contribution in [3.8, 4) is 11.5 Å². The number of carbonyl (C=O) groups excluding carboxylic acids is 1. The number of ether oxygens (including phenoxy) is 2. The third kappa shape index (κ3) is 4.10. The Bertz CT molecular complexity index is 675. The molecule has 1 fully saturated rings. The highest BCUT2D eigenvalue weighted by atomic mass is 35.5. The fourth-order valence-corrected chi connectivity index (χ4v) is 4.02. The molecule has 1 heterocycles. The molecule has 1 aliphatic rings. The molecule has 136 valence electrons. The first-order chi connectivity index (χ1) is 10.9. The first-order valence-corrected chi connectivity index (χ1v) is 8.58. The Morgan fingerprint density at radius 3 is 2.29 bits per heavy atom. The van der Waals surface area contributed by atoms with Crippen molar-refractivity contribution in [2.75, 3.05) is 46.9 Å². The molecular formula is C14H22ClN3O5S. The second kappa shape index (κ2) is 8.52. The van der Waals surface area contributed by atoms with Gasteiger partial charge in [-0.2, -0.15) is 4.31 Å². The van der Waals surface area contributed by atoms with Crippen LogP contribution < -0.4 is 15.2 Å². The molecule has 1 aromatic carbocycles. The molecule has 0 bridgehead atoms. The van der Waals surface area contributed by atoms with E-state index in [-0.39, 0.29) is 48.6 Å². The summed E-state index contributed by atoms with van der Waals surface area (Å²) in [6.45, 7) is 1.00. The summed E-state index contributed by atoms with van der Waals surface area (Å²) in [5.74, 6) is 0.508. The number of sulfonamides is 1. The van der Waals surface area contributed by atoms with Gasteiger partial charge < -0.3 is 20.1 Å². The maximum absolute atomic E-state index is 12.8. The van der Waals surface area contributed by atoms with Gasteiger partial charge in [-0.3, -0.25) is 4.79 Å². The van der Waals surface area contributed by atoms with Gasteiger partial charge in [0.2, 0.25) is 15.9 Å². The lowest BCUT2D eigenvalue weighted by atomic mass is 10.3. The molecule has 0 unspecified atom stereocenters. The number of piperazine rings is 1. The summed E-state index contributed by atoms with van der Waals surface area (Å²) in [6.07, 6.45) is 0. The van der Waals surface area contributed by atoms with Gasteiger partial charge in [-0.15, -0.1) is 12.4 Å². The van der Waals surface area contributed by atoms with Gasteiger partial charge in [-0.05, 0) is 12.1 Å². The zero-order valence-electron chi connectivity index (χ0n) is 13.6. The van der Waals surface area contributed by atoms with Crippen molar-refractivity contribution in [3.05, 3.63) is 18.2 Å². The number of methoxy groups -OCH3 is 2. The fourth-order valence-electron chi connectivity index (χ4n) is 2.43. The number of rotatable bonds is 5. The van der Waals surface area contributed by atoms with E-state index < -0.39 is 10.0 Å². The van der Waals surface area contributed by atoms with Crippen LogP contribution in [-0.4, -0.2) is 70.5 Å². The van der Waals surface area contributed by atoms with E-state index in [1.54, 1.807) is 17.0 Å². The number of hydrogen-bond acceptors (Lipinski definition) is 6. The summed E-state index contributed by atoms with van der Waals surface area (Å²) in [4.78, 5) is 13.2. The van der Waals surface area contributed by atoms with Crippen LogP contribution in [0.5, 0.6) is 11.5 Å². The van der Waals surface area contributed by atoms with Crippen molar-refractivity contribution in [1.29, 1.82) is 0 Å². The molecule has 0 spiro atoms. The van der Waals surface area contributed by atoms with Crippen molar-refractivity contribution in [1.82, 2.24) is 9.21 Å². The van der Waals surface area contributed by atoms with Crippen molar-refractivity contribution in [2.24, 2.45) is 5.73 Å². The molecule has 0 aromatic heterocycles. The van der Waals surface area contributed by atoms with Crippen LogP contribution in [-0.2, 0) is 14.8 Å². The van der Waals surface area contributed by atoms with E-state index in [9.17, 15) is 13.2 Å². The maximum atomic E-state index is 12.8. The van der Waals surface area contributed by atoms with E-state index in [4.69, 9.17) is 15.2 Å². The largest absolute Gasteiger partial charge is 0.497 e. The number of benzene rings is 1. The average Bonchev–Trinajstić information content (AvgIpc) is 2.60. The Hall–Kier alpha value is -1.55. The van der Waals surface area contributed by atoms with E-state index in [0.29, 0.717) is 18.8 Å². The Labute approximate surface area is 148 Å². The molecule has 1 aromatic rings. The number of hydrogen-bond donors (Lipinski definition) is 1. The van der Waals surface area contributed by atoms with Gasteiger partial charge in [0.1, 0.15) is 16.4 Å². The van der Waals surface area contributed by atoms with Crippen LogP contribution in [0.4, 0.5) is 0 Å². The smallest absolute Gasteiger partial charge is 0.247 e. The van der Waals surface area contributed by atoms with Gasteiger partial charge in [0.25, 0.3) is 0 Å². The second-order valence-electron chi connectivity index (χ2n) is 5.01. The molecule has 0 aliphatic carbocycles. The molecule has 2 rings (SSSR count). The Kier molecular flexibility index (Phi) is 7.27. The molecule has 10 heteroatoms. The molecular weight excluding hydrogens is 358 g/mol. The topological polar surface area (TPSA) is 102 Å². The minimum absolute atomic E-state index is 0. The van der Waals surface area contributed by atoms with Gasteiger partial charge in [0, 0.05) is 32.2 Å². The Balaban J connectivity index is 0.00000288. The van der Waals surface area contributed by atoms with Crippen molar-refractivity contribution in [2.45, 2.75) is 4.90 Å². The lowest BCUT2D eigenvalue weighted by Crippen LogP contribution is -2.51. The van der Waals surface area contributed by atoms with E-state index in [0.717, 1.165) is 0 Å². The summed E-state index contributed by atoms with van der Waals surface area (Å²) >= 11 is 0. The molecule has 1 saturated heterocycles. The summed E-state index contributed by atoms with van der Waals surface area (Å²) in [5, 5.41) is 0. The number of carbonyl (C=O) groups is 1. The molecule has 0 saturated carbocycles. The highest BCUT2D eigenvalue weighted by Gasteiger charge is 2.32. The third-order valence-electron chi connectivity index (χ3n) is 3.75. The summed E-state index contributed by atoms with van der Waals surface area (Å²) in [6, 6.07) is 4.63. The van der Waals surface area contributed by atoms with Crippen LogP contribution in [0.15, 0.2) is 23.1 Å². The van der Waals surface area contributed by atoms with Crippen molar-refractivity contribution in [3.63, 3.8) is 0 Å². The minimum atomic E-state index is -3.73. The van der Waals surface area contributed by atoms with Crippen LogP contribution in [0.2, 0.25) is 0 Å². The molecule has 8 nitrogen and oxygen atoms in total.